The molecule has 0 spiro atoms. The lowest BCUT2D eigenvalue weighted by molar-refractivity contribution is -0.127. The van der Waals surface area contributed by atoms with Crippen molar-refractivity contribution in [1.82, 2.24) is 15.2 Å². The summed E-state index contributed by atoms with van der Waals surface area (Å²) in [6, 6.07) is 6.07. The molecule has 0 amide bonds. The maximum atomic E-state index is 12.2. The van der Waals surface area contributed by atoms with Gasteiger partial charge in [0.05, 0.1) is 6.42 Å². The highest BCUT2D eigenvalue weighted by Gasteiger charge is 2.27. The summed E-state index contributed by atoms with van der Waals surface area (Å²) in [5.41, 5.74) is 0.727. The molecule has 0 bridgehead atoms. The van der Waals surface area contributed by atoms with Crippen LogP contribution in [-0.4, -0.2) is 21.4 Å². The zero-order valence-electron chi connectivity index (χ0n) is 8.62. The number of hydrogen-bond donors (Lipinski definition) is 2. The standard InChI is InChI=1S/C10H9F3N4/c11-10(12,13)5-7-2-1-3-8(4-7)16-9-14-6-15-17-9/h1-4,6H,5H2,(H2,14,15,16,17). The zero-order chi connectivity index (χ0) is 12.3. The molecule has 1 aromatic heterocycles. The number of H-pyrrole nitrogens is 1. The molecule has 0 fully saturated rings. The number of aromatic nitrogens is 3. The van der Waals surface area contributed by atoms with Gasteiger partial charge in [-0.15, -0.1) is 0 Å². The van der Waals surface area contributed by atoms with Gasteiger partial charge in [-0.05, 0) is 17.7 Å². The van der Waals surface area contributed by atoms with Crippen LogP contribution in [0.3, 0.4) is 0 Å². The van der Waals surface area contributed by atoms with Crippen LogP contribution in [0.5, 0.6) is 0 Å². The average molecular weight is 242 g/mol. The van der Waals surface area contributed by atoms with E-state index in [2.05, 4.69) is 20.5 Å². The van der Waals surface area contributed by atoms with Crippen molar-refractivity contribution in [2.75, 3.05) is 5.32 Å². The summed E-state index contributed by atoms with van der Waals surface area (Å²) < 4.78 is 36.6. The Bertz CT molecular complexity index is 479. The summed E-state index contributed by atoms with van der Waals surface area (Å²) in [4.78, 5) is 3.82. The van der Waals surface area contributed by atoms with Gasteiger partial charge >= 0.3 is 6.18 Å². The van der Waals surface area contributed by atoms with Gasteiger partial charge < -0.3 is 5.32 Å². The van der Waals surface area contributed by atoms with Gasteiger partial charge in [-0.2, -0.15) is 23.3 Å². The van der Waals surface area contributed by atoms with Crippen LogP contribution in [0.15, 0.2) is 30.6 Å². The molecule has 1 heterocycles. The molecule has 0 saturated heterocycles. The first-order valence-corrected chi connectivity index (χ1v) is 4.81. The molecule has 1 aromatic carbocycles. The highest BCUT2D eigenvalue weighted by molar-refractivity contribution is 5.53. The van der Waals surface area contributed by atoms with E-state index < -0.39 is 12.6 Å². The Morgan fingerprint density at radius 1 is 1.29 bits per heavy atom. The Labute approximate surface area is 94.9 Å². The van der Waals surface area contributed by atoms with Crippen LogP contribution in [0.1, 0.15) is 5.56 Å². The fourth-order valence-corrected chi connectivity index (χ4v) is 1.39. The summed E-state index contributed by atoms with van der Waals surface area (Å²) in [5.74, 6) is 0.383. The Morgan fingerprint density at radius 2 is 2.12 bits per heavy atom. The molecule has 90 valence electrons. The molecule has 0 atom stereocenters. The summed E-state index contributed by atoms with van der Waals surface area (Å²) in [7, 11) is 0. The highest BCUT2D eigenvalue weighted by atomic mass is 19.4. The second-order valence-electron chi connectivity index (χ2n) is 3.45. The van der Waals surface area contributed by atoms with Crippen LogP contribution >= 0.6 is 0 Å². The van der Waals surface area contributed by atoms with E-state index >= 15 is 0 Å². The number of rotatable bonds is 3. The molecule has 0 radical (unpaired) electrons. The van der Waals surface area contributed by atoms with Gasteiger partial charge in [-0.25, -0.2) is 5.10 Å². The van der Waals surface area contributed by atoms with Gasteiger partial charge in [0.25, 0.3) is 0 Å². The van der Waals surface area contributed by atoms with Gasteiger partial charge in [0.15, 0.2) is 0 Å². The fraction of sp³-hybridized carbons (Fsp3) is 0.200. The van der Waals surface area contributed by atoms with Crippen molar-refractivity contribution in [1.29, 1.82) is 0 Å². The van der Waals surface area contributed by atoms with Crippen LogP contribution in [0.25, 0.3) is 0 Å². The Hall–Kier alpha value is -2.05. The average Bonchev–Trinajstić information content (AvgIpc) is 2.68. The first kappa shape index (κ1) is 11.4. The third kappa shape index (κ3) is 3.47. The summed E-state index contributed by atoms with van der Waals surface area (Å²) in [6.45, 7) is 0. The van der Waals surface area contributed by atoms with E-state index in [1.54, 1.807) is 12.1 Å². The van der Waals surface area contributed by atoms with Crippen molar-refractivity contribution in [3.63, 3.8) is 0 Å². The quantitative estimate of drug-likeness (QED) is 0.869. The maximum absolute atomic E-state index is 12.2. The number of nitrogens with one attached hydrogen (secondary N) is 2. The molecule has 7 heteroatoms. The molecule has 17 heavy (non-hydrogen) atoms. The topological polar surface area (TPSA) is 53.6 Å². The van der Waals surface area contributed by atoms with Crippen molar-refractivity contribution in [3.8, 4) is 0 Å². The molecular weight excluding hydrogens is 233 g/mol. The van der Waals surface area contributed by atoms with E-state index in [-0.39, 0.29) is 5.56 Å². The third-order valence-corrected chi connectivity index (χ3v) is 2.01. The Morgan fingerprint density at radius 3 is 2.76 bits per heavy atom. The Kier molecular flexibility index (Phi) is 2.99. The van der Waals surface area contributed by atoms with E-state index in [1.165, 1.54) is 18.5 Å². The van der Waals surface area contributed by atoms with Gasteiger partial charge in [0.2, 0.25) is 5.95 Å². The van der Waals surface area contributed by atoms with Crippen LogP contribution in [0.2, 0.25) is 0 Å². The second kappa shape index (κ2) is 4.44. The molecule has 0 saturated carbocycles. The first-order valence-electron chi connectivity index (χ1n) is 4.81. The molecule has 0 aliphatic heterocycles. The number of nitrogens with zero attached hydrogens (tertiary/aromatic N) is 2. The summed E-state index contributed by atoms with van der Waals surface area (Å²) >= 11 is 0. The molecular formula is C10H9F3N4. The van der Waals surface area contributed by atoms with Crippen molar-refractivity contribution >= 4 is 11.6 Å². The minimum absolute atomic E-state index is 0.196. The molecule has 4 nitrogen and oxygen atoms in total. The lowest BCUT2D eigenvalue weighted by Crippen LogP contribution is -2.11. The lowest BCUT2D eigenvalue weighted by Gasteiger charge is -2.08. The van der Waals surface area contributed by atoms with Crippen molar-refractivity contribution in [2.24, 2.45) is 0 Å². The van der Waals surface area contributed by atoms with Crippen LogP contribution in [0.4, 0.5) is 24.8 Å². The largest absolute Gasteiger partial charge is 0.393 e. The van der Waals surface area contributed by atoms with Gasteiger partial charge in [-0.1, -0.05) is 12.1 Å². The second-order valence-corrected chi connectivity index (χ2v) is 3.45. The molecule has 2 N–H and O–H groups in total. The molecule has 0 aliphatic carbocycles. The third-order valence-electron chi connectivity index (χ3n) is 2.01. The number of anilines is 2. The monoisotopic (exact) mass is 242 g/mol. The van der Waals surface area contributed by atoms with E-state index in [9.17, 15) is 13.2 Å². The maximum Gasteiger partial charge on any atom is 0.393 e. The van der Waals surface area contributed by atoms with Crippen LogP contribution in [-0.2, 0) is 6.42 Å². The highest BCUT2D eigenvalue weighted by Crippen LogP contribution is 2.23. The van der Waals surface area contributed by atoms with E-state index in [0.29, 0.717) is 11.6 Å². The van der Waals surface area contributed by atoms with Gasteiger partial charge in [-0.3, -0.25) is 0 Å². The number of benzene rings is 1. The van der Waals surface area contributed by atoms with Crippen molar-refractivity contribution in [3.05, 3.63) is 36.2 Å². The molecule has 0 aliphatic rings. The van der Waals surface area contributed by atoms with Gasteiger partial charge in [0.1, 0.15) is 6.33 Å². The minimum atomic E-state index is -4.20. The van der Waals surface area contributed by atoms with Gasteiger partial charge in [0, 0.05) is 5.69 Å². The number of aromatic amines is 1. The smallest absolute Gasteiger partial charge is 0.325 e. The Balaban J connectivity index is 2.12. The SMILES string of the molecule is FC(F)(F)Cc1cccc(Nc2ncn[nH]2)c1. The predicted octanol–water partition coefficient (Wildman–Crippen LogP) is 2.65. The lowest BCUT2D eigenvalue weighted by atomic mass is 10.1. The van der Waals surface area contributed by atoms with Crippen molar-refractivity contribution < 1.29 is 13.2 Å². The predicted molar refractivity (Wildman–Crippen MR) is 55.9 cm³/mol. The summed E-state index contributed by atoms with van der Waals surface area (Å²) in [5, 5.41) is 8.99. The number of alkyl halides is 3. The van der Waals surface area contributed by atoms with E-state index in [0.717, 1.165) is 0 Å². The molecule has 0 unspecified atom stereocenters. The molecule has 2 rings (SSSR count). The van der Waals surface area contributed by atoms with Crippen molar-refractivity contribution in [2.45, 2.75) is 12.6 Å². The molecule has 2 aromatic rings. The number of halogens is 3. The zero-order valence-corrected chi connectivity index (χ0v) is 8.62. The first-order chi connectivity index (χ1) is 8.03. The van der Waals surface area contributed by atoms with Crippen LogP contribution < -0.4 is 5.32 Å². The normalized spacial score (nSPS) is 11.5. The summed E-state index contributed by atoms with van der Waals surface area (Å²) in [6.07, 6.45) is -3.84. The minimum Gasteiger partial charge on any atom is -0.325 e. The van der Waals surface area contributed by atoms with Crippen LogP contribution in [0, 0.1) is 0 Å². The fourth-order valence-electron chi connectivity index (χ4n) is 1.39. The number of hydrogen-bond acceptors (Lipinski definition) is 3. The van der Waals surface area contributed by atoms with E-state index in [4.69, 9.17) is 0 Å². The van der Waals surface area contributed by atoms with E-state index in [1.807, 2.05) is 0 Å².